The van der Waals surface area contributed by atoms with Crippen LogP contribution < -0.4 is 5.32 Å². The molecule has 0 radical (unpaired) electrons. The van der Waals surface area contributed by atoms with Crippen LogP contribution in [0.3, 0.4) is 0 Å². The Labute approximate surface area is 118 Å². The number of hydrogen-bond acceptors (Lipinski definition) is 4. The first-order chi connectivity index (χ1) is 9.66. The van der Waals surface area contributed by atoms with Crippen LogP contribution in [0.2, 0.25) is 0 Å². The summed E-state index contributed by atoms with van der Waals surface area (Å²) < 4.78 is 4.99. The van der Waals surface area contributed by atoms with E-state index in [1.54, 1.807) is 12.1 Å². The first-order valence-electron chi connectivity index (χ1n) is 7.03. The smallest absolute Gasteiger partial charge is 0.338 e. The highest BCUT2D eigenvalue weighted by Gasteiger charge is 2.23. The predicted octanol–water partition coefficient (Wildman–Crippen LogP) is 1.93. The van der Waals surface area contributed by atoms with Gasteiger partial charge in [0, 0.05) is 18.4 Å². The monoisotopic (exact) mass is 276 g/mol. The molecule has 1 aromatic rings. The number of carbonyl (C=O) groups excluding carboxylic acids is 2. The second-order valence-corrected chi connectivity index (χ2v) is 5.25. The maximum atomic E-state index is 11.8. The molecular formula is C15H20N2O3. The van der Waals surface area contributed by atoms with E-state index in [0.717, 1.165) is 19.3 Å². The standard InChI is InChI=1S/C15H20N2O3/c1-11-4-2-3-5-13(11)17-14(18)10-20-15(19)12-6-8-16-9-7-12/h6-9,11,13H,2-5,10H2,1H3,(H,17,18)/t11-,13-/m0/s1. The molecule has 0 aromatic carbocycles. The molecule has 1 N–H and O–H groups in total. The molecular weight excluding hydrogens is 256 g/mol. The van der Waals surface area contributed by atoms with E-state index in [1.807, 2.05) is 0 Å². The lowest BCUT2D eigenvalue weighted by Gasteiger charge is -2.29. The summed E-state index contributed by atoms with van der Waals surface area (Å²) in [5, 5.41) is 2.95. The molecule has 20 heavy (non-hydrogen) atoms. The molecule has 1 aliphatic carbocycles. The minimum atomic E-state index is -0.501. The summed E-state index contributed by atoms with van der Waals surface area (Å²) in [5.41, 5.74) is 0.402. The largest absolute Gasteiger partial charge is 0.452 e. The molecule has 0 saturated heterocycles. The van der Waals surface area contributed by atoms with E-state index >= 15 is 0 Å². The second-order valence-electron chi connectivity index (χ2n) is 5.25. The molecule has 1 saturated carbocycles. The van der Waals surface area contributed by atoms with Crippen molar-refractivity contribution in [1.82, 2.24) is 10.3 Å². The fourth-order valence-electron chi connectivity index (χ4n) is 2.48. The molecule has 108 valence electrons. The zero-order valence-electron chi connectivity index (χ0n) is 11.7. The van der Waals surface area contributed by atoms with Crippen LogP contribution in [0.4, 0.5) is 0 Å². The van der Waals surface area contributed by atoms with Crippen molar-refractivity contribution < 1.29 is 14.3 Å². The summed E-state index contributed by atoms with van der Waals surface area (Å²) in [7, 11) is 0. The lowest BCUT2D eigenvalue weighted by Crippen LogP contribution is -2.42. The van der Waals surface area contributed by atoms with Gasteiger partial charge in [-0.3, -0.25) is 9.78 Å². The van der Waals surface area contributed by atoms with Crippen molar-refractivity contribution in [2.45, 2.75) is 38.6 Å². The van der Waals surface area contributed by atoms with E-state index in [4.69, 9.17) is 4.74 Å². The van der Waals surface area contributed by atoms with Crippen LogP contribution in [0.5, 0.6) is 0 Å². The zero-order valence-corrected chi connectivity index (χ0v) is 11.7. The Balaban J connectivity index is 1.76. The van der Waals surface area contributed by atoms with Crippen molar-refractivity contribution in [1.29, 1.82) is 0 Å². The van der Waals surface area contributed by atoms with Gasteiger partial charge in [-0.25, -0.2) is 4.79 Å². The maximum absolute atomic E-state index is 11.8. The second kappa shape index (κ2) is 7.03. The third-order valence-corrected chi connectivity index (χ3v) is 3.71. The van der Waals surface area contributed by atoms with Gasteiger partial charge in [0.05, 0.1) is 5.56 Å². The Hall–Kier alpha value is -1.91. The summed E-state index contributed by atoms with van der Waals surface area (Å²) in [6, 6.07) is 3.32. The van der Waals surface area contributed by atoms with Gasteiger partial charge in [-0.1, -0.05) is 19.8 Å². The fourth-order valence-corrected chi connectivity index (χ4v) is 2.48. The minimum Gasteiger partial charge on any atom is -0.452 e. The van der Waals surface area contributed by atoms with Crippen LogP contribution in [0, 0.1) is 5.92 Å². The van der Waals surface area contributed by atoms with Gasteiger partial charge in [-0.2, -0.15) is 0 Å². The third-order valence-electron chi connectivity index (χ3n) is 3.71. The molecule has 2 atom stereocenters. The van der Waals surface area contributed by atoms with E-state index in [0.29, 0.717) is 11.5 Å². The van der Waals surface area contributed by atoms with Crippen molar-refractivity contribution in [3.63, 3.8) is 0 Å². The highest BCUT2D eigenvalue weighted by atomic mass is 16.5. The summed E-state index contributed by atoms with van der Waals surface area (Å²) in [5.74, 6) is -0.242. The number of aromatic nitrogens is 1. The molecule has 0 bridgehead atoms. The number of rotatable bonds is 4. The SMILES string of the molecule is C[C@H]1CCCC[C@@H]1NC(=O)COC(=O)c1ccncc1. The summed E-state index contributed by atoms with van der Waals surface area (Å²) in [6.45, 7) is 1.91. The van der Waals surface area contributed by atoms with Gasteiger partial charge in [0.15, 0.2) is 6.61 Å². The number of nitrogens with zero attached hydrogens (tertiary/aromatic N) is 1. The number of pyridine rings is 1. The Bertz CT molecular complexity index is 461. The number of amides is 1. The van der Waals surface area contributed by atoms with E-state index in [9.17, 15) is 9.59 Å². The molecule has 1 fully saturated rings. The highest BCUT2D eigenvalue weighted by Crippen LogP contribution is 2.23. The van der Waals surface area contributed by atoms with Crippen LogP contribution >= 0.6 is 0 Å². The maximum Gasteiger partial charge on any atom is 0.338 e. The van der Waals surface area contributed by atoms with E-state index in [-0.39, 0.29) is 18.6 Å². The van der Waals surface area contributed by atoms with Crippen LogP contribution in [0.1, 0.15) is 43.0 Å². The Morgan fingerprint density at radius 2 is 2.00 bits per heavy atom. The number of hydrogen-bond donors (Lipinski definition) is 1. The minimum absolute atomic E-state index is 0.205. The highest BCUT2D eigenvalue weighted by molar-refractivity contribution is 5.91. The van der Waals surface area contributed by atoms with Gasteiger partial charge >= 0.3 is 5.97 Å². The molecule has 0 aliphatic heterocycles. The van der Waals surface area contributed by atoms with Crippen LogP contribution in [-0.2, 0) is 9.53 Å². The number of nitrogens with one attached hydrogen (secondary N) is 1. The van der Waals surface area contributed by atoms with E-state index in [1.165, 1.54) is 18.8 Å². The number of esters is 1. The first kappa shape index (κ1) is 14.5. The van der Waals surface area contributed by atoms with Crippen molar-refractivity contribution in [2.75, 3.05) is 6.61 Å². The summed E-state index contributed by atoms with van der Waals surface area (Å²) >= 11 is 0. The molecule has 5 nitrogen and oxygen atoms in total. The topological polar surface area (TPSA) is 68.3 Å². The van der Waals surface area contributed by atoms with Gasteiger partial charge in [0.1, 0.15) is 0 Å². The van der Waals surface area contributed by atoms with Gasteiger partial charge < -0.3 is 10.1 Å². The molecule has 0 unspecified atom stereocenters. The van der Waals surface area contributed by atoms with Crippen LogP contribution in [0.25, 0.3) is 0 Å². The number of carbonyl (C=O) groups is 2. The molecule has 1 aromatic heterocycles. The first-order valence-corrected chi connectivity index (χ1v) is 7.03. The quantitative estimate of drug-likeness (QED) is 0.853. The lowest BCUT2D eigenvalue weighted by atomic mass is 9.86. The van der Waals surface area contributed by atoms with E-state index < -0.39 is 5.97 Å². The number of ether oxygens (including phenoxy) is 1. The van der Waals surface area contributed by atoms with Gasteiger partial charge in [0.2, 0.25) is 0 Å². The zero-order chi connectivity index (χ0) is 14.4. The van der Waals surface area contributed by atoms with Gasteiger partial charge in [0.25, 0.3) is 5.91 Å². The van der Waals surface area contributed by atoms with Crippen molar-refractivity contribution >= 4 is 11.9 Å². The average molecular weight is 276 g/mol. The summed E-state index contributed by atoms with van der Waals surface area (Å²) in [4.78, 5) is 27.3. The molecule has 1 heterocycles. The summed E-state index contributed by atoms with van der Waals surface area (Å²) in [6.07, 6.45) is 7.55. The van der Waals surface area contributed by atoms with Crippen LogP contribution in [0.15, 0.2) is 24.5 Å². The predicted molar refractivity (Wildman–Crippen MR) is 74.1 cm³/mol. The van der Waals surface area contributed by atoms with Crippen molar-refractivity contribution in [3.05, 3.63) is 30.1 Å². The molecule has 1 amide bonds. The molecule has 5 heteroatoms. The molecule has 1 aliphatic rings. The Morgan fingerprint density at radius 3 is 2.70 bits per heavy atom. The van der Waals surface area contributed by atoms with Gasteiger partial charge in [-0.15, -0.1) is 0 Å². The Morgan fingerprint density at radius 1 is 1.30 bits per heavy atom. The normalized spacial score (nSPS) is 22.1. The Kier molecular flexibility index (Phi) is 5.09. The van der Waals surface area contributed by atoms with Gasteiger partial charge in [-0.05, 0) is 30.9 Å². The lowest BCUT2D eigenvalue weighted by molar-refractivity contribution is -0.125. The molecule has 0 spiro atoms. The average Bonchev–Trinajstić information content (AvgIpc) is 2.48. The van der Waals surface area contributed by atoms with Crippen molar-refractivity contribution in [3.8, 4) is 0 Å². The van der Waals surface area contributed by atoms with Crippen LogP contribution in [-0.4, -0.2) is 29.5 Å². The third kappa shape index (κ3) is 4.05. The van der Waals surface area contributed by atoms with Crippen molar-refractivity contribution in [2.24, 2.45) is 5.92 Å². The van der Waals surface area contributed by atoms with E-state index in [2.05, 4.69) is 17.2 Å². The fraction of sp³-hybridized carbons (Fsp3) is 0.533. The molecule has 2 rings (SSSR count).